The van der Waals surface area contributed by atoms with E-state index in [-0.39, 0.29) is 11.2 Å². The number of aromatic nitrogens is 3. The molecule has 0 radical (unpaired) electrons. The maximum Gasteiger partial charge on any atom is 0.237 e. The van der Waals surface area contributed by atoms with E-state index in [4.69, 9.17) is 17.3 Å². The highest BCUT2D eigenvalue weighted by molar-refractivity contribution is 8.00. The SMILES string of the molecule is CC(Sc1ncn[nH]1)C(=O)Nc1ccc(Cl)c(N)c1. The summed E-state index contributed by atoms with van der Waals surface area (Å²) in [6.45, 7) is 1.78. The minimum Gasteiger partial charge on any atom is -0.397 e. The summed E-state index contributed by atoms with van der Waals surface area (Å²) in [7, 11) is 0. The summed E-state index contributed by atoms with van der Waals surface area (Å²) < 4.78 is 0. The topological polar surface area (TPSA) is 96.7 Å². The lowest BCUT2D eigenvalue weighted by molar-refractivity contribution is -0.115. The van der Waals surface area contributed by atoms with Crippen LogP contribution in [0, 0.1) is 0 Å². The Balaban J connectivity index is 1.98. The van der Waals surface area contributed by atoms with Crippen LogP contribution in [0.2, 0.25) is 5.02 Å². The summed E-state index contributed by atoms with van der Waals surface area (Å²) >= 11 is 7.10. The molecule has 100 valence electrons. The van der Waals surface area contributed by atoms with Gasteiger partial charge >= 0.3 is 0 Å². The van der Waals surface area contributed by atoms with Crippen LogP contribution < -0.4 is 11.1 Å². The Kier molecular flexibility index (Phi) is 4.28. The van der Waals surface area contributed by atoms with Crippen LogP contribution in [0.15, 0.2) is 29.7 Å². The van der Waals surface area contributed by atoms with E-state index < -0.39 is 0 Å². The molecule has 1 heterocycles. The number of H-pyrrole nitrogens is 1. The molecule has 0 fully saturated rings. The van der Waals surface area contributed by atoms with Gasteiger partial charge in [-0.3, -0.25) is 9.89 Å². The zero-order valence-corrected chi connectivity index (χ0v) is 11.6. The molecule has 6 nitrogen and oxygen atoms in total. The lowest BCUT2D eigenvalue weighted by Crippen LogP contribution is -2.22. The first kappa shape index (κ1) is 13.7. The molecule has 0 bridgehead atoms. The van der Waals surface area contributed by atoms with Gasteiger partial charge in [-0.2, -0.15) is 5.10 Å². The lowest BCUT2D eigenvalue weighted by atomic mass is 10.2. The Bertz CT molecular complexity index is 574. The fourth-order valence-electron chi connectivity index (χ4n) is 1.34. The van der Waals surface area contributed by atoms with Crippen LogP contribution in [0.5, 0.6) is 0 Å². The summed E-state index contributed by atoms with van der Waals surface area (Å²) in [6.07, 6.45) is 1.40. The molecule has 1 atom stereocenters. The number of anilines is 2. The van der Waals surface area contributed by atoms with E-state index in [0.29, 0.717) is 21.6 Å². The molecule has 0 aliphatic heterocycles. The van der Waals surface area contributed by atoms with Gasteiger partial charge in [0.25, 0.3) is 0 Å². The van der Waals surface area contributed by atoms with E-state index in [2.05, 4.69) is 20.5 Å². The van der Waals surface area contributed by atoms with Crippen molar-refractivity contribution in [2.75, 3.05) is 11.1 Å². The molecule has 1 aromatic heterocycles. The summed E-state index contributed by atoms with van der Waals surface area (Å²) in [4.78, 5) is 15.9. The number of halogens is 1. The molecule has 0 spiro atoms. The van der Waals surface area contributed by atoms with Crippen LogP contribution in [0.25, 0.3) is 0 Å². The molecular formula is C11H12ClN5OS. The molecule has 0 saturated carbocycles. The predicted octanol–water partition coefficient (Wildman–Crippen LogP) is 2.16. The van der Waals surface area contributed by atoms with E-state index in [0.717, 1.165) is 0 Å². The zero-order chi connectivity index (χ0) is 13.8. The predicted molar refractivity (Wildman–Crippen MR) is 76.2 cm³/mol. The van der Waals surface area contributed by atoms with Gasteiger partial charge < -0.3 is 11.1 Å². The van der Waals surface area contributed by atoms with E-state index in [9.17, 15) is 4.79 Å². The van der Waals surface area contributed by atoms with E-state index in [1.165, 1.54) is 18.1 Å². The minimum absolute atomic E-state index is 0.150. The number of hydrogen-bond acceptors (Lipinski definition) is 5. The van der Waals surface area contributed by atoms with Gasteiger partial charge in [0.05, 0.1) is 16.0 Å². The lowest BCUT2D eigenvalue weighted by Gasteiger charge is -2.11. The molecule has 0 aliphatic carbocycles. The number of nitrogens with zero attached hydrogens (tertiary/aromatic N) is 2. The maximum absolute atomic E-state index is 12.0. The standard InChI is InChI=1S/C11H12ClN5OS/c1-6(19-11-14-5-15-17-11)10(18)16-7-2-3-8(12)9(13)4-7/h2-6H,13H2,1H3,(H,16,18)(H,14,15,17). The number of aromatic amines is 1. The quantitative estimate of drug-likeness (QED) is 0.593. The van der Waals surface area contributed by atoms with Gasteiger partial charge in [-0.1, -0.05) is 23.4 Å². The first-order valence-corrected chi connectivity index (χ1v) is 6.70. The van der Waals surface area contributed by atoms with E-state index >= 15 is 0 Å². The number of nitrogen functional groups attached to an aromatic ring is 1. The van der Waals surface area contributed by atoms with Crippen LogP contribution >= 0.6 is 23.4 Å². The van der Waals surface area contributed by atoms with Gasteiger partial charge in [-0.05, 0) is 25.1 Å². The highest BCUT2D eigenvalue weighted by atomic mass is 35.5. The van der Waals surface area contributed by atoms with Crippen molar-refractivity contribution in [2.24, 2.45) is 0 Å². The second kappa shape index (κ2) is 5.94. The van der Waals surface area contributed by atoms with Crippen molar-refractivity contribution >= 4 is 40.6 Å². The van der Waals surface area contributed by atoms with Crippen molar-refractivity contribution in [1.82, 2.24) is 15.2 Å². The first-order chi connectivity index (χ1) is 9.06. The monoisotopic (exact) mass is 297 g/mol. The van der Waals surface area contributed by atoms with Crippen LogP contribution in [0.1, 0.15) is 6.92 Å². The van der Waals surface area contributed by atoms with Gasteiger partial charge in [0.2, 0.25) is 5.91 Å². The molecule has 1 unspecified atom stereocenters. The van der Waals surface area contributed by atoms with Crippen LogP contribution in [0.3, 0.4) is 0 Å². The van der Waals surface area contributed by atoms with Crippen molar-refractivity contribution < 1.29 is 4.79 Å². The Morgan fingerprint density at radius 2 is 2.37 bits per heavy atom. The summed E-state index contributed by atoms with van der Waals surface area (Å²) in [5.74, 6) is -0.150. The summed E-state index contributed by atoms with van der Waals surface area (Å²) in [5.41, 5.74) is 6.70. The van der Waals surface area contributed by atoms with Gasteiger partial charge in [-0.25, -0.2) is 4.98 Å². The van der Waals surface area contributed by atoms with Gasteiger partial charge in [0.15, 0.2) is 5.16 Å². The fourth-order valence-corrected chi connectivity index (χ4v) is 2.17. The summed E-state index contributed by atoms with van der Waals surface area (Å²) in [5, 5.41) is 9.91. The molecule has 1 aromatic carbocycles. The van der Waals surface area contributed by atoms with Crippen molar-refractivity contribution in [3.8, 4) is 0 Å². The van der Waals surface area contributed by atoms with Gasteiger partial charge in [0.1, 0.15) is 6.33 Å². The third kappa shape index (κ3) is 3.62. The van der Waals surface area contributed by atoms with Crippen molar-refractivity contribution in [3.63, 3.8) is 0 Å². The number of carbonyl (C=O) groups excluding carboxylic acids is 1. The number of carbonyl (C=O) groups is 1. The molecular weight excluding hydrogens is 286 g/mol. The second-order valence-electron chi connectivity index (χ2n) is 3.78. The third-order valence-corrected chi connectivity index (χ3v) is 3.65. The molecule has 2 rings (SSSR count). The molecule has 19 heavy (non-hydrogen) atoms. The normalized spacial score (nSPS) is 12.1. The average Bonchev–Trinajstić information content (AvgIpc) is 2.86. The Labute approximate surface area is 119 Å². The van der Waals surface area contributed by atoms with E-state index in [1.807, 2.05) is 0 Å². The average molecular weight is 298 g/mol. The van der Waals surface area contributed by atoms with Crippen molar-refractivity contribution in [3.05, 3.63) is 29.5 Å². The zero-order valence-electron chi connectivity index (χ0n) is 10.1. The highest BCUT2D eigenvalue weighted by Crippen LogP contribution is 2.24. The second-order valence-corrected chi connectivity index (χ2v) is 5.51. The number of hydrogen-bond donors (Lipinski definition) is 3. The number of benzene rings is 1. The maximum atomic E-state index is 12.0. The largest absolute Gasteiger partial charge is 0.397 e. The molecule has 2 aromatic rings. The van der Waals surface area contributed by atoms with Gasteiger partial charge in [0, 0.05) is 5.69 Å². The molecule has 4 N–H and O–H groups in total. The minimum atomic E-state index is -0.315. The van der Waals surface area contributed by atoms with Crippen LogP contribution in [-0.4, -0.2) is 26.3 Å². The highest BCUT2D eigenvalue weighted by Gasteiger charge is 2.16. The van der Waals surface area contributed by atoms with Crippen molar-refractivity contribution in [1.29, 1.82) is 0 Å². The van der Waals surface area contributed by atoms with Crippen LogP contribution in [0.4, 0.5) is 11.4 Å². The Morgan fingerprint density at radius 3 is 3.00 bits per heavy atom. The van der Waals surface area contributed by atoms with Crippen molar-refractivity contribution in [2.45, 2.75) is 17.3 Å². The van der Waals surface area contributed by atoms with Crippen LogP contribution in [-0.2, 0) is 4.79 Å². The Morgan fingerprint density at radius 1 is 1.58 bits per heavy atom. The van der Waals surface area contributed by atoms with Gasteiger partial charge in [-0.15, -0.1) is 0 Å². The number of nitrogens with two attached hydrogens (primary N) is 1. The molecule has 1 amide bonds. The molecule has 0 saturated heterocycles. The van der Waals surface area contributed by atoms with E-state index in [1.54, 1.807) is 25.1 Å². The number of rotatable bonds is 4. The molecule has 0 aliphatic rings. The Hall–Kier alpha value is -1.73. The third-order valence-electron chi connectivity index (χ3n) is 2.31. The summed E-state index contributed by atoms with van der Waals surface area (Å²) in [6, 6.07) is 4.95. The number of thioether (sulfide) groups is 1. The smallest absolute Gasteiger partial charge is 0.237 e. The fraction of sp³-hybridized carbons (Fsp3) is 0.182. The number of nitrogens with one attached hydrogen (secondary N) is 2. The molecule has 8 heteroatoms. The number of amides is 1. The first-order valence-electron chi connectivity index (χ1n) is 5.44.